The highest BCUT2D eigenvalue weighted by molar-refractivity contribution is 6.30. The van der Waals surface area contributed by atoms with Crippen molar-refractivity contribution in [3.05, 3.63) is 34.9 Å². The van der Waals surface area contributed by atoms with Crippen molar-refractivity contribution in [1.29, 1.82) is 0 Å². The number of esters is 1. The molecule has 0 aliphatic heterocycles. The molecule has 0 heterocycles. The van der Waals surface area contributed by atoms with Gasteiger partial charge in [-0.1, -0.05) is 30.2 Å². The predicted octanol–water partition coefficient (Wildman–Crippen LogP) is 3.60. The number of carbonyl (C=O) groups is 2. The molecule has 2 bridgehead atoms. The Hall–Kier alpha value is -1.35. The third-order valence-corrected chi connectivity index (χ3v) is 5.28. The molecular formula is C17H19ClO3. The molecule has 4 unspecified atom stereocenters. The molecule has 112 valence electrons. The SMILES string of the molecule is COC(=O)C(C(=O)C1CC2CCC1C2)c1ccc(Cl)cc1. The first kappa shape index (κ1) is 14.6. The molecule has 2 aliphatic rings. The number of benzene rings is 1. The molecule has 0 amide bonds. The zero-order valence-corrected chi connectivity index (χ0v) is 12.8. The van der Waals surface area contributed by atoms with Gasteiger partial charge in [0.25, 0.3) is 0 Å². The maximum Gasteiger partial charge on any atom is 0.320 e. The average Bonchev–Trinajstić information content (AvgIpc) is 3.12. The van der Waals surface area contributed by atoms with Gasteiger partial charge in [-0.3, -0.25) is 9.59 Å². The summed E-state index contributed by atoms with van der Waals surface area (Å²) in [7, 11) is 1.33. The molecule has 3 rings (SSSR count). The van der Waals surface area contributed by atoms with Gasteiger partial charge in [-0.05, 0) is 48.8 Å². The normalized spacial score (nSPS) is 28.4. The maximum absolute atomic E-state index is 12.9. The maximum atomic E-state index is 12.9. The van der Waals surface area contributed by atoms with Gasteiger partial charge >= 0.3 is 5.97 Å². The van der Waals surface area contributed by atoms with Crippen molar-refractivity contribution in [2.75, 3.05) is 7.11 Å². The summed E-state index contributed by atoms with van der Waals surface area (Å²) in [6.07, 6.45) is 4.43. The van der Waals surface area contributed by atoms with E-state index in [0.29, 0.717) is 22.4 Å². The summed E-state index contributed by atoms with van der Waals surface area (Å²) >= 11 is 5.89. The molecule has 1 aromatic rings. The van der Waals surface area contributed by atoms with Crippen molar-refractivity contribution in [2.24, 2.45) is 17.8 Å². The summed E-state index contributed by atoms with van der Waals surface area (Å²) < 4.78 is 4.87. The van der Waals surface area contributed by atoms with E-state index in [1.54, 1.807) is 24.3 Å². The molecule has 1 aromatic carbocycles. The molecule has 0 N–H and O–H groups in total. The van der Waals surface area contributed by atoms with Gasteiger partial charge in [-0.2, -0.15) is 0 Å². The number of ketones is 1. The molecule has 4 heteroatoms. The van der Waals surface area contributed by atoms with Crippen LogP contribution in [-0.2, 0) is 14.3 Å². The van der Waals surface area contributed by atoms with Gasteiger partial charge < -0.3 is 4.74 Å². The monoisotopic (exact) mass is 306 g/mol. The van der Waals surface area contributed by atoms with E-state index in [0.717, 1.165) is 19.3 Å². The predicted molar refractivity (Wildman–Crippen MR) is 80.2 cm³/mol. The van der Waals surface area contributed by atoms with E-state index in [9.17, 15) is 9.59 Å². The molecule has 2 aliphatic carbocycles. The molecule has 0 saturated heterocycles. The lowest BCUT2D eigenvalue weighted by Gasteiger charge is -2.24. The number of rotatable bonds is 4. The Bertz CT molecular complexity index is 552. The summed E-state index contributed by atoms with van der Waals surface area (Å²) in [4.78, 5) is 25.0. The third-order valence-electron chi connectivity index (χ3n) is 5.03. The Morgan fingerprint density at radius 3 is 2.43 bits per heavy atom. The average molecular weight is 307 g/mol. The Morgan fingerprint density at radius 2 is 1.90 bits per heavy atom. The fourth-order valence-electron chi connectivity index (χ4n) is 4.00. The Kier molecular flexibility index (Phi) is 4.03. The third kappa shape index (κ3) is 2.71. The zero-order valence-electron chi connectivity index (χ0n) is 12.0. The van der Waals surface area contributed by atoms with Gasteiger partial charge in [0, 0.05) is 10.9 Å². The molecule has 2 saturated carbocycles. The highest BCUT2D eigenvalue weighted by atomic mass is 35.5. The highest BCUT2D eigenvalue weighted by Crippen LogP contribution is 2.50. The first-order valence-electron chi connectivity index (χ1n) is 7.47. The van der Waals surface area contributed by atoms with Crippen molar-refractivity contribution in [3.63, 3.8) is 0 Å². The van der Waals surface area contributed by atoms with Crippen LogP contribution < -0.4 is 0 Å². The molecule has 0 spiro atoms. The largest absolute Gasteiger partial charge is 0.468 e. The number of carbonyl (C=O) groups excluding carboxylic acids is 2. The first-order valence-corrected chi connectivity index (χ1v) is 7.85. The van der Waals surface area contributed by atoms with Crippen molar-refractivity contribution < 1.29 is 14.3 Å². The van der Waals surface area contributed by atoms with E-state index in [4.69, 9.17) is 16.3 Å². The number of Topliss-reactive ketones (excluding diaryl/α,β-unsaturated/α-hetero) is 1. The van der Waals surface area contributed by atoms with E-state index < -0.39 is 11.9 Å². The lowest BCUT2D eigenvalue weighted by molar-refractivity contribution is -0.147. The number of hydrogen-bond donors (Lipinski definition) is 0. The van der Waals surface area contributed by atoms with Crippen molar-refractivity contribution in [1.82, 2.24) is 0 Å². The van der Waals surface area contributed by atoms with Gasteiger partial charge in [0.15, 0.2) is 5.78 Å². The molecule has 0 aromatic heterocycles. The fourth-order valence-corrected chi connectivity index (χ4v) is 4.12. The number of methoxy groups -OCH3 is 1. The lowest BCUT2D eigenvalue weighted by atomic mass is 9.79. The minimum absolute atomic E-state index is 0.0172. The second kappa shape index (κ2) is 5.80. The lowest BCUT2D eigenvalue weighted by Crippen LogP contribution is -2.31. The summed E-state index contributed by atoms with van der Waals surface area (Å²) in [5.74, 6) is -0.101. The van der Waals surface area contributed by atoms with Crippen molar-refractivity contribution in [3.8, 4) is 0 Å². The summed E-state index contributed by atoms with van der Waals surface area (Å²) in [6, 6.07) is 6.91. The van der Waals surface area contributed by atoms with E-state index in [1.165, 1.54) is 13.5 Å². The van der Waals surface area contributed by atoms with Crippen LogP contribution >= 0.6 is 11.6 Å². The van der Waals surface area contributed by atoms with Crippen LogP contribution in [0.2, 0.25) is 5.02 Å². The molecule has 0 radical (unpaired) electrons. The second-order valence-electron chi connectivity index (χ2n) is 6.19. The summed E-state index contributed by atoms with van der Waals surface area (Å²) in [5.41, 5.74) is 0.680. The van der Waals surface area contributed by atoms with Gasteiger partial charge in [-0.25, -0.2) is 0 Å². The Morgan fingerprint density at radius 1 is 1.19 bits per heavy atom. The van der Waals surface area contributed by atoms with Crippen LogP contribution in [0.3, 0.4) is 0 Å². The molecular weight excluding hydrogens is 288 g/mol. The smallest absolute Gasteiger partial charge is 0.320 e. The van der Waals surface area contributed by atoms with E-state index in [-0.39, 0.29) is 11.7 Å². The van der Waals surface area contributed by atoms with Gasteiger partial charge in [0.1, 0.15) is 5.92 Å². The molecule has 2 fully saturated rings. The zero-order chi connectivity index (χ0) is 15.0. The summed E-state index contributed by atoms with van der Waals surface area (Å²) in [6.45, 7) is 0. The van der Waals surface area contributed by atoms with Crippen LogP contribution in [0.4, 0.5) is 0 Å². The second-order valence-corrected chi connectivity index (χ2v) is 6.63. The van der Waals surface area contributed by atoms with Crippen LogP contribution in [0.5, 0.6) is 0 Å². The van der Waals surface area contributed by atoms with E-state index >= 15 is 0 Å². The van der Waals surface area contributed by atoms with Crippen molar-refractivity contribution >= 4 is 23.4 Å². The molecule has 3 nitrogen and oxygen atoms in total. The molecule has 21 heavy (non-hydrogen) atoms. The van der Waals surface area contributed by atoms with E-state index in [1.807, 2.05) is 0 Å². The fraction of sp³-hybridized carbons (Fsp3) is 0.529. The van der Waals surface area contributed by atoms with Gasteiger partial charge in [0.05, 0.1) is 7.11 Å². The minimum atomic E-state index is -0.809. The van der Waals surface area contributed by atoms with Crippen molar-refractivity contribution in [2.45, 2.75) is 31.6 Å². The number of halogens is 1. The molecule has 4 atom stereocenters. The van der Waals surface area contributed by atoms with E-state index in [2.05, 4.69) is 0 Å². The van der Waals surface area contributed by atoms with Crippen LogP contribution in [0.15, 0.2) is 24.3 Å². The number of ether oxygens (including phenoxy) is 1. The van der Waals surface area contributed by atoms with Gasteiger partial charge in [0.2, 0.25) is 0 Å². The quantitative estimate of drug-likeness (QED) is 0.630. The Balaban J connectivity index is 1.87. The van der Waals surface area contributed by atoms with Crippen LogP contribution in [0, 0.1) is 17.8 Å². The number of fused-ring (bicyclic) bond motifs is 2. The van der Waals surface area contributed by atoms with Crippen LogP contribution in [0.1, 0.15) is 37.2 Å². The van der Waals surface area contributed by atoms with Gasteiger partial charge in [-0.15, -0.1) is 0 Å². The number of hydrogen-bond acceptors (Lipinski definition) is 3. The summed E-state index contributed by atoms with van der Waals surface area (Å²) in [5, 5.41) is 0.592. The minimum Gasteiger partial charge on any atom is -0.468 e. The highest BCUT2D eigenvalue weighted by Gasteiger charge is 2.46. The standard InChI is InChI=1S/C17H19ClO3/c1-21-17(20)15(11-4-6-13(18)7-5-11)16(19)14-9-10-2-3-12(14)8-10/h4-7,10,12,14-15H,2-3,8-9H2,1H3. The van der Waals surface area contributed by atoms with Crippen LogP contribution in [0.25, 0.3) is 0 Å². The van der Waals surface area contributed by atoms with Crippen LogP contribution in [-0.4, -0.2) is 18.9 Å². The first-order chi connectivity index (χ1) is 10.1. The Labute approximate surface area is 129 Å². The topological polar surface area (TPSA) is 43.4 Å².